The summed E-state index contributed by atoms with van der Waals surface area (Å²) in [7, 11) is 0. The first-order valence-electron chi connectivity index (χ1n) is 4.31. The van der Waals surface area contributed by atoms with E-state index in [2.05, 4.69) is 10.6 Å². The van der Waals surface area contributed by atoms with Crippen LogP contribution in [-0.2, 0) is 4.79 Å². The van der Waals surface area contributed by atoms with Crippen LogP contribution in [-0.4, -0.2) is 24.5 Å². The van der Waals surface area contributed by atoms with E-state index in [1.165, 1.54) is 12.8 Å². The van der Waals surface area contributed by atoms with Gasteiger partial charge in [0.15, 0.2) is 0 Å². The molecule has 0 bridgehead atoms. The number of piperazine rings is 1. The van der Waals surface area contributed by atoms with Crippen molar-refractivity contribution in [2.45, 2.75) is 31.8 Å². The fraction of sp³-hybridized carbons (Fsp3) is 0.875. The average Bonchev–Trinajstić information content (AvgIpc) is 2.70. The Kier molecular flexibility index (Phi) is 1.60. The molecule has 2 rings (SSSR count). The van der Waals surface area contributed by atoms with Gasteiger partial charge in [-0.2, -0.15) is 0 Å². The number of hydrogen-bond donors (Lipinski definition) is 2. The molecule has 0 aromatic heterocycles. The van der Waals surface area contributed by atoms with Crippen LogP contribution in [0.5, 0.6) is 0 Å². The molecule has 62 valence electrons. The zero-order valence-electron chi connectivity index (χ0n) is 6.76. The first-order chi connectivity index (χ1) is 5.27. The van der Waals surface area contributed by atoms with Crippen molar-refractivity contribution in [3.63, 3.8) is 0 Å². The molecule has 2 atom stereocenters. The molecule has 1 heterocycles. The van der Waals surface area contributed by atoms with Crippen LogP contribution < -0.4 is 10.6 Å². The highest BCUT2D eigenvalue weighted by atomic mass is 16.2. The highest BCUT2D eigenvalue weighted by molar-refractivity contribution is 5.83. The monoisotopic (exact) mass is 154 g/mol. The first kappa shape index (κ1) is 7.10. The highest BCUT2D eigenvalue weighted by Crippen LogP contribution is 2.33. The Labute approximate surface area is 66.5 Å². The van der Waals surface area contributed by atoms with Gasteiger partial charge in [0.25, 0.3) is 0 Å². The Morgan fingerprint density at radius 3 is 2.73 bits per heavy atom. The van der Waals surface area contributed by atoms with Crippen molar-refractivity contribution >= 4 is 5.91 Å². The standard InChI is InChI=1S/C8H14N2O/c1-5-4-9-7(6-2-3-6)8(11)10-5/h5-7,9H,2-4H2,1H3,(H,10,11)/t5-,7-/m0/s1. The minimum Gasteiger partial charge on any atom is -0.351 e. The van der Waals surface area contributed by atoms with Gasteiger partial charge < -0.3 is 10.6 Å². The molecule has 1 aliphatic heterocycles. The van der Waals surface area contributed by atoms with Crippen molar-refractivity contribution in [2.24, 2.45) is 5.92 Å². The predicted octanol–water partition coefficient (Wildman–Crippen LogP) is -0.127. The normalized spacial score (nSPS) is 38.5. The van der Waals surface area contributed by atoms with Crippen molar-refractivity contribution in [3.8, 4) is 0 Å². The van der Waals surface area contributed by atoms with Crippen LogP contribution in [0.4, 0.5) is 0 Å². The molecule has 1 amide bonds. The SMILES string of the molecule is C[C@H]1CN[C@@H](C2CC2)C(=O)N1. The fourth-order valence-electron chi connectivity index (χ4n) is 1.59. The second-order valence-electron chi connectivity index (χ2n) is 3.63. The molecule has 3 nitrogen and oxygen atoms in total. The maximum absolute atomic E-state index is 11.3. The predicted molar refractivity (Wildman–Crippen MR) is 42.1 cm³/mol. The zero-order chi connectivity index (χ0) is 7.84. The fourth-order valence-corrected chi connectivity index (χ4v) is 1.59. The molecule has 1 saturated carbocycles. The summed E-state index contributed by atoms with van der Waals surface area (Å²) in [5.41, 5.74) is 0. The Bertz CT molecular complexity index is 177. The molecule has 0 unspecified atom stereocenters. The van der Waals surface area contributed by atoms with Crippen LogP contribution in [0, 0.1) is 5.92 Å². The van der Waals surface area contributed by atoms with Crippen LogP contribution in [0.3, 0.4) is 0 Å². The third-order valence-electron chi connectivity index (χ3n) is 2.41. The Hall–Kier alpha value is -0.570. The lowest BCUT2D eigenvalue weighted by Gasteiger charge is -2.28. The molecule has 0 aromatic carbocycles. The van der Waals surface area contributed by atoms with Crippen molar-refractivity contribution in [1.82, 2.24) is 10.6 Å². The van der Waals surface area contributed by atoms with Gasteiger partial charge in [-0.1, -0.05) is 0 Å². The summed E-state index contributed by atoms with van der Waals surface area (Å²) >= 11 is 0. The van der Waals surface area contributed by atoms with Gasteiger partial charge in [0.05, 0.1) is 6.04 Å². The first-order valence-corrected chi connectivity index (χ1v) is 4.31. The third kappa shape index (κ3) is 1.38. The van der Waals surface area contributed by atoms with E-state index in [-0.39, 0.29) is 11.9 Å². The molecule has 1 aliphatic carbocycles. The van der Waals surface area contributed by atoms with E-state index in [1.54, 1.807) is 0 Å². The molecule has 3 heteroatoms. The summed E-state index contributed by atoms with van der Waals surface area (Å²) in [5.74, 6) is 0.828. The quantitative estimate of drug-likeness (QED) is 0.552. The highest BCUT2D eigenvalue weighted by Gasteiger charge is 2.38. The Morgan fingerprint density at radius 2 is 2.18 bits per heavy atom. The summed E-state index contributed by atoms with van der Waals surface area (Å²) in [6.45, 7) is 2.95. The number of hydrogen-bond acceptors (Lipinski definition) is 2. The van der Waals surface area contributed by atoms with Crippen LogP contribution in [0.15, 0.2) is 0 Å². The third-order valence-corrected chi connectivity index (χ3v) is 2.41. The second-order valence-corrected chi connectivity index (χ2v) is 3.63. The van der Waals surface area contributed by atoms with Crippen molar-refractivity contribution in [1.29, 1.82) is 0 Å². The van der Waals surface area contributed by atoms with Crippen LogP contribution in [0.2, 0.25) is 0 Å². The lowest BCUT2D eigenvalue weighted by atomic mass is 10.1. The second kappa shape index (κ2) is 2.48. The van der Waals surface area contributed by atoms with E-state index >= 15 is 0 Å². The number of carbonyl (C=O) groups is 1. The van der Waals surface area contributed by atoms with E-state index in [0.29, 0.717) is 12.0 Å². The van der Waals surface area contributed by atoms with Crippen molar-refractivity contribution < 1.29 is 4.79 Å². The summed E-state index contributed by atoms with van der Waals surface area (Å²) in [6.07, 6.45) is 2.44. The molecule has 2 N–H and O–H groups in total. The minimum absolute atomic E-state index is 0.117. The molecule has 2 aliphatic rings. The number of carbonyl (C=O) groups excluding carboxylic acids is 1. The average molecular weight is 154 g/mol. The van der Waals surface area contributed by atoms with Gasteiger partial charge in [-0.15, -0.1) is 0 Å². The summed E-state index contributed by atoms with van der Waals surface area (Å²) in [4.78, 5) is 11.3. The van der Waals surface area contributed by atoms with Gasteiger partial charge in [0.2, 0.25) is 5.91 Å². The molecule has 1 saturated heterocycles. The van der Waals surface area contributed by atoms with Gasteiger partial charge in [0, 0.05) is 12.6 Å². The number of rotatable bonds is 1. The van der Waals surface area contributed by atoms with Crippen LogP contribution in [0.1, 0.15) is 19.8 Å². The van der Waals surface area contributed by atoms with E-state index in [1.807, 2.05) is 6.92 Å². The van der Waals surface area contributed by atoms with E-state index in [0.717, 1.165) is 6.54 Å². The zero-order valence-corrected chi connectivity index (χ0v) is 6.76. The molecule has 0 aromatic rings. The lowest BCUT2D eigenvalue weighted by Crippen LogP contribution is -2.58. The maximum atomic E-state index is 11.3. The summed E-state index contributed by atoms with van der Waals surface area (Å²) in [5, 5.41) is 6.22. The molecule has 2 fully saturated rings. The van der Waals surface area contributed by atoms with Gasteiger partial charge >= 0.3 is 0 Å². The minimum atomic E-state index is 0.117. The van der Waals surface area contributed by atoms with E-state index in [4.69, 9.17) is 0 Å². The van der Waals surface area contributed by atoms with E-state index in [9.17, 15) is 4.79 Å². The Balaban J connectivity index is 1.95. The van der Waals surface area contributed by atoms with Crippen molar-refractivity contribution in [3.05, 3.63) is 0 Å². The maximum Gasteiger partial charge on any atom is 0.237 e. The van der Waals surface area contributed by atoms with E-state index < -0.39 is 0 Å². The van der Waals surface area contributed by atoms with Crippen LogP contribution in [0.25, 0.3) is 0 Å². The van der Waals surface area contributed by atoms with Crippen LogP contribution >= 0.6 is 0 Å². The lowest BCUT2D eigenvalue weighted by molar-refractivity contribution is -0.125. The van der Waals surface area contributed by atoms with Gasteiger partial charge in [-0.05, 0) is 25.7 Å². The van der Waals surface area contributed by atoms with Crippen molar-refractivity contribution in [2.75, 3.05) is 6.54 Å². The number of nitrogens with one attached hydrogen (secondary N) is 2. The molecule has 0 spiro atoms. The number of amides is 1. The topological polar surface area (TPSA) is 41.1 Å². The largest absolute Gasteiger partial charge is 0.351 e. The molecule has 11 heavy (non-hydrogen) atoms. The van der Waals surface area contributed by atoms with Gasteiger partial charge in [0.1, 0.15) is 0 Å². The smallest absolute Gasteiger partial charge is 0.237 e. The summed E-state index contributed by atoms with van der Waals surface area (Å²) in [6, 6.07) is 0.420. The molecular formula is C8H14N2O. The van der Waals surface area contributed by atoms with Gasteiger partial charge in [-0.3, -0.25) is 4.79 Å². The van der Waals surface area contributed by atoms with Gasteiger partial charge in [-0.25, -0.2) is 0 Å². The summed E-state index contributed by atoms with van der Waals surface area (Å²) < 4.78 is 0. The molecule has 0 radical (unpaired) electrons. The Morgan fingerprint density at radius 1 is 1.45 bits per heavy atom. The molecular weight excluding hydrogens is 140 g/mol.